The van der Waals surface area contributed by atoms with Gasteiger partial charge in [-0.15, -0.1) is 0 Å². The number of hydrogen-bond acceptors (Lipinski definition) is 4. The maximum absolute atomic E-state index is 10.9. The Morgan fingerprint density at radius 3 is 2.36 bits per heavy atom. The Kier molecular flexibility index (Phi) is 5.08. The van der Waals surface area contributed by atoms with Crippen LogP contribution in [0.5, 0.6) is 0 Å². The van der Waals surface area contributed by atoms with E-state index in [4.69, 9.17) is 0 Å². The van der Waals surface area contributed by atoms with Gasteiger partial charge in [0.05, 0.1) is 19.6 Å². The molecule has 0 aromatic carbocycles. The molecule has 0 bridgehead atoms. The molecule has 0 spiro atoms. The lowest BCUT2D eigenvalue weighted by Gasteiger charge is -2.33. The van der Waals surface area contributed by atoms with Crippen LogP contribution in [0.1, 0.15) is 27.2 Å². The van der Waals surface area contributed by atoms with Crippen molar-refractivity contribution in [2.24, 2.45) is 0 Å². The highest BCUT2D eigenvalue weighted by Gasteiger charge is 2.21. The third-order valence-corrected chi connectivity index (χ3v) is 2.26. The van der Waals surface area contributed by atoms with Gasteiger partial charge in [0, 0.05) is 12.1 Å². The van der Waals surface area contributed by atoms with Gasteiger partial charge in [-0.2, -0.15) is 0 Å². The molecule has 1 unspecified atom stereocenters. The molecule has 0 saturated heterocycles. The van der Waals surface area contributed by atoms with Gasteiger partial charge in [0.1, 0.15) is 0 Å². The van der Waals surface area contributed by atoms with Gasteiger partial charge in [-0.3, -0.25) is 9.69 Å². The summed E-state index contributed by atoms with van der Waals surface area (Å²) >= 11 is 0. The highest BCUT2D eigenvalue weighted by Crippen LogP contribution is 2.11. The fourth-order valence-electron chi connectivity index (χ4n) is 0.930. The third-order valence-electron chi connectivity index (χ3n) is 2.26. The summed E-state index contributed by atoms with van der Waals surface area (Å²) in [5, 5.41) is 9.54. The van der Waals surface area contributed by atoms with Gasteiger partial charge < -0.3 is 9.84 Å². The quantitative estimate of drug-likeness (QED) is 0.681. The average molecular weight is 203 g/mol. The number of aliphatic hydroxyl groups excluding tert-OH is 1. The van der Waals surface area contributed by atoms with Crippen LogP contribution in [-0.4, -0.2) is 48.3 Å². The number of aliphatic hydroxyl groups is 1. The minimum absolute atomic E-state index is 0.00288. The fraction of sp³-hybridized carbons (Fsp3) is 0.900. The zero-order chi connectivity index (χ0) is 11.4. The molecule has 14 heavy (non-hydrogen) atoms. The highest BCUT2D eigenvalue weighted by molar-refractivity contribution is 5.69. The molecular weight excluding hydrogens is 182 g/mol. The number of nitrogens with zero attached hydrogens (tertiary/aromatic N) is 1. The van der Waals surface area contributed by atoms with Crippen molar-refractivity contribution >= 4 is 5.97 Å². The van der Waals surface area contributed by atoms with E-state index < -0.39 is 6.10 Å². The first-order valence-corrected chi connectivity index (χ1v) is 4.73. The maximum atomic E-state index is 10.9. The lowest BCUT2D eigenvalue weighted by Crippen LogP contribution is -2.43. The molecule has 4 nitrogen and oxygen atoms in total. The van der Waals surface area contributed by atoms with Crippen molar-refractivity contribution in [3.63, 3.8) is 0 Å². The molecule has 0 saturated carbocycles. The molecule has 84 valence electrons. The van der Waals surface area contributed by atoms with Gasteiger partial charge in [-0.1, -0.05) is 0 Å². The summed E-state index contributed by atoms with van der Waals surface area (Å²) in [7, 11) is 3.24. The molecule has 1 N–H and O–H groups in total. The van der Waals surface area contributed by atoms with Gasteiger partial charge in [-0.25, -0.2) is 0 Å². The number of carbonyl (C=O) groups is 1. The Morgan fingerprint density at radius 1 is 1.50 bits per heavy atom. The van der Waals surface area contributed by atoms with E-state index in [-0.39, 0.29) is 17.9 Å². The minimum Gasteiger partial charge on any atom is -0.469 e. The standard InChI is InChI=1S/C10H21NO3/c1-10(2,3)11(4)7-8(12)6-9(13)14-5/h8,12H,6-7H2,1-5H3. The number of methoxy groups -OCH3 is 1. The van der Waals surface area contributed by atoms with E-state index >= 15 is 0 Å². The monoisotopic (exact) mass is 203 g/mol. The Hall–Kier alpha value is -0.610. The van der Waals surface area contributed by atoms with Crippen LogP contribution in [0.4, 0.5) is 0 Å². The lowest BCUT2D eigenvalue weighted by molar-refractivity contribution is -0.143. The second-order valence-electron chi connectivity index (χ2n) is 4.49. The zero-order valence-electron chi connectivity index (χ0n) is 9.70. The van der Waals surface area contributed by atoms with E-state index in [1.165, 1.54) is 7.11 Å². The number of rotatable bonds is 4. The summed E-state index contributed by atoms with van der Waals surface area (Å²) in [4.78, 5) is 12.9. The van der Waals surface area contributed by atoms with Crippen LogP contribution in [0.3, 0.4) is 0 Å². The molecule has 0 aliphatic carbocycles. The Bertz CT molecular complexity index is 186. The molecule has 0 heterocycles. The van der Waals surface area contributed by atoms with Gasteiger partial charge in [0.15, 0.2) is 0 Å². The summed E-state index contributed by atoms with van der Waals surface area (Å²) in [5.41, 5.74) is -0.00288. The van der Waals surface area contributed by atoms with E-state index in [9.17, 15) is 9.90 Å². The van der Waals surface area contributed by atoms with E-state index in [1.54, 1.807) is 0 Å². The smallest absolute Gasteiger partial charge is 0.308 e. The predicted molar refractivity (Wildman–Crippen MR) is 55.0 cm³/mol. The number of ether oxygens (including phenoxy) is 1. The molecule has 1 atom stereocenters. The van der Waals surface area contributed by atoms with Crippen LogP contribution in [0.15, 0.2) is 0 Å². The largest absolute Gasteiger partial charge is 0.469 e. The maximum Gasteiger partial charge on any atom is 0.308 e. The van der Waals surface area contributed by atoms with Crippen LogP contribution < -0.4 is 0 Å². The normalized spacial score (nSPS) is 14.2. The van der Waals surface area contributed by atoms with E-state index in [1.807, 2.05) is 11.9 Å². The first-order valence-electron chi connectivity index (χ1n) is 4.73. The molecule has 0 fully saturated rings. The Morgan fingerprint density at radius 2 is 2.00 bits per heavy atom. The number of esters is 1. The molecule has 0 amide bonds. The summed E-state index contributed by atoms with van der Waals surface area (Å²) in [6, 6.07) is 0. The van der Waals surface area contributed by atoms with Crippen LogP contribution in [0.2, 0.25) is 0 Å². The van der Waals surface area contributed by atoms with Crippen molar-refractivity contribution in [1.82, 2.24) is 4.90 Å². The molecule has 0 aromatic heterocycles. The van der Waals surface area contributed by atoms with Crippen LogP contribution in [-0.2, 0) is 9.53 Å². The van der Waals surface area contributed by atoms with Crippen LogP contribution in [0.25, 0.3) is 0 Å². The predicted octanol–water partition coefficient (Wildman–Crippen LogP) is 0.641. The number of carbonyl (C=O) groups excluding carboxylic acids is 1. The van der Waals surface area contributed by atoms with Gasteiger partial charge in [0.25, 0.3) is 0 Å². The number of hydrogen-bond donors (Lipinski definition) is 1. The average Bonchev–Trinajstić information content (AvgIpc) is 2.02. The van der Waals surface area contributed by atoms with Crippen LogP contribution >= 0.6 is 0 Å². The lowest BCUT2D eigenvalue weighted by atomic mass is 10.1. The molecule has 0 rings (SSSR count). The van der Waals surface area contributed by atoms with Crippen molar-refractivity contribution < 1.29 is 14.6 Å². The van der Waals surface area contributed by atoms with Gasteiger partial charge >= 0.3 is 5.97 Å². The molecule has 4 heteroatoms. The highest BCUT2D eigenvalue weighted by atomic mass is 16.5. The Balaban J connectivity index is 3.94. The molecule has 0 aliphatic heterocycles. The van der Waals surface area contributed by atoms with Crippen molar-refractivity contribution in [1.29, 1.82) is 0 Å². The summed E-state index contributed by atoms with van der Waals surface area (Å²) in [6.45, 7) is 6.63. The van der Waals surface area contributed by atoms with Crippen LogP contribution in [0, 0.1) is 0 Å². The van der Waals surface area contributed by atoms with Crippen molar-refractivity contribution in [3.05, 3.63) is 0 Å². The van der Waals surface area contributed by atoms with E-state index in [0.29, 0.717) is 6.54 Å². The van der Waals surface area contributed by atoms with E-state index in [0.717, 1.165) is 0 Å². The van der Waals surface area contributed by atoms with Gasteiger partial charge in [0.2, 0.25) is 0 Å². The van der Waals surface area contributed by atoms with Crippen molar-refractivity contribution in [2.75, 3.05) is 20.7 Å². The molecule has 0 aromatic rings. The first kappa shape index (κ1) is 13.4. The van der Waals surface area contributed by atoms with Gasteiger partial charge in [-0.05, 0) is 27.8 Å². The summed E-state index contributed by atoms with van der Waals surface area (Å²) < 4.78 is 4.47. The van der Waals surface area contributed by atoms with Crippen molar-refractivity contribution in [3.8, 4) is 0 Å². The first-order chi connectivity index (χ1) is 6.27. The molecule has 0 aliphatic rings. The van der Waals surface area contributed by atoms with Crippen molar-refractivity contribution in [2.45, 2.75) is 38.8 Å². The Labute approximate surface area is 85.9 Å². The molecular formula is C10H21NO3. The zero-order valence-corrected chi connectivity index (χ0v) is 9.70. The molecule has 0 radical (unpaired) electrons. The SMILES string of the molecule is COC(=O)CC(O)CN(C)C(C)(C)C. The number of β-amino-alcohol motifs (C(OH)–C–C–N with tert-alkyl or cyclic N) is 1. The van der Waals surface area contributed by atoms with E-state index in [2.05, 4.69) is 25.5 Å². The number of likely N-dealkylation sites (N-methyl/N-ethyl adjacent to an activating group) is 1. The third kappa shape index (κ3) is 5.19. The summed E-state index contributed by atoms with van der Waals surface area (Å²) in [6.07, 6.45) is -0.608. The fourth-order valence-corrected chi connectivity index (χ4v) is 0.930. The second-order valence-corrected chi connectivity index (χ2v) is 4.49. The minimum atomic E-state index is -0.660. The second kappa shape index (κ2) is 5.32. The summed E-state index contributed by atoms with van der Waals surface area (Å²) in [5.74, 6) is -0.375. The topological polar surface area (TPSA) is 49.8 Å².